The average molecular weight is 268 g/mol. The van der Waals surface area contributed by atoms with Crippen LogP contribution in [0.2, 0.25) is 0 Å². The maximum Gasteiger partial charge on any atom is 0.223 e. The highest BCUT2D eigenvalue weighted by molar-refractivity contribution is 5.77. The number of benzene rings is 1. The smallest absolute Gasteiger partial charge is 0.223 e. The molecular weight excluding hydrogens is 250 g/mol. The van der Waals surface area contributed by atoms with E-state index in [0.29, 0.717) is 6.54 Å². The van der Waals surface area contributed by atoms with Crippen LogP contribution in [0.15, 0.2) is 18.2 Å². The minimum Gasteiger partial charge on any atom is -0.337 e. The first-order chi connectivity index (χ1) is 9.09. The van der Waals surface area contributed by atoms with E-state index in [0.717, 1.165) is 19.2 Å². The molecule has 1 aromatic rings. The maximum atomic E-state index is 13.5. The molecule has 0 radical (unpaired) electrons. The molecule has 1 aliphatic heterocycles. The van der Waals surface area contributed by atoms with Gasteiger partial charge in [0.25, 0.3) is 0 Å². The van der Waals surface area contributed by atoms with E-state index in [2.05, 4.69) is 5.32 Å². The summed E-state index contributed by atoms with van der Waals surface area (Å²) in [4.78, 5) is 13.9. The second-order valence-corrected chi connectivity index (χ2v) is 4.85. The molecule has 1 aromatic carbocycles. The van der Waals surface area contributed by atoms with Gasteiger partial charge in [-0.15, -0.1) is 0 Å². The fourth-order valence-electron chi connectivity index (χ4n) is 2.34. The fraction of sp³-hybridized carbons (Fsp3) is 0.500. The molecule has 0 aromatic heterocycles. The number of piperazine rings is 1. The zero-order valence-electron chi connectivity index (χ0n) is 11.0. The van der Waals surface area contributed by atoms with Crippen molar-refractivity contribution in [1.29, 1.82) is 0 Å². The molecule has 3 nitrogen and oxygen atoms in total. The van der Waals surface area contributed by atoms with Crippen LogP contribution in [-0.4, -0.2) is 36.5 Å². The summed E-state index contributed by atoms with van der Waals surface area (Å²) in [5.41, 5.74) is 0.260. The molecule has 2 rings (SSSR count). The van der Waals surface area contributed by atoms with Crippen LogP contribution >= 0.6 is 0 Å². The number of nitrogens with one attached hydrogen (secondary N) is 1. The van der Waals surface area contributed by atoms with Gasteiger partial charge >= 0.3 is 0 Å². The first-order valence-electron chi connectivity index (χ1n) is 6.52. The minimum atomic E-state index is -0.861. The number of hydrogen-bond acceptors (Lipinski definition) is 2. The molecule has 19 heavy (non-hydrogen) atoms. The molecular formula is C14H18F2N2O. The lowest BCUT2D eigenvalue weighted by molar-refractivity contribution is -0.133. The summed E-state index contributed by atoms with van der Waals surface area (Å²) in [5.74, 6) is -1.71. The third-order valence-corrected chi connectivity index (χ3v) is 3.46. The molecule has 1 amide bonds. The van der Waals surface area contributed by atoms with E-state index in [1.807, 2.05) is 6.92 Å². The van der Waals surface area contributed by atoms with Gasteiger partial charge in [0, 0.05) is 32.1 Å². The van der Waals surface area contributed by atoms with Gasteiger partial charge < -0.3 is 10.2 Å². The predicted octanol–water partition coefficient (Wildman–Crippen LogP) is 1.72. The van der Waals surface area contributed by atoms with Gasteiger partial charge in [-0.05, 0) is 25.0 Å². The first-order valence-corrected chi connectivity index (χ1v) is 6.52. The van der Waals surface area contributed by atoms with Crippen molar-refractivity contribution in [2.45, 2.75) is 25.8 Å². The Balaban J connectivity index is 1.94. The summed E-state index contributed by atoms with van der Waals surface area (Å²) >= 11 is 0. The Morgan fingerprint density at radius 1 is 1.47 bits per heavy atom. The Kier molecular flexibility index (Phi) is 4.47. The fourth-order valence-corrected chi connectivity index (χ4v) is 2.34. The second kappa shape index (κ2) is 6.10. The normalized spacial score (nSPS) is 19.5. The molecule has 0 spiro atoms. The van der Waals surface area contributed by atoms with Crippen molar-refractivity contribution < 1.29 is 13.6 Å². The van der Waals surface area contributed by atoms with Gasteiger partial charge in [0.2, 0.25) is 5.91 Å². The molecule has 1 N–H and O–H groups in total. The molecule has 0 aliphatic carbocycles. The molecule has 1 unspecified atom stereocenters. The topological polar surface area (TPSA) is 32.3 Å². The highest BCUT2D eigenvalue weighted by Gasteiger charge is 2.22. The number of amides is 1. The predicted molar refractivity (Wildman–Crippen MR) is 68.7 cm³/mol. The number of halogens is 2. The van der Waals surface area contributed by atoms with Gasteiger partial charge in [-0.2, -0.15) is 0 Å². The Morgan fingerprint density at radius 3 is 3.00 bits per heavy atom. The molecule has 104 valence electrons. The summed E-state index contributed by atoms with van der Waals surface area (Å²) in [7, 11) is 0. The lowest BCUT2D eigenvalue weighted by atomic mass is 10.1. The van der Waals surface area contributed by atoms with E-state index in [1.165, 1.54) is 12.1 Å². The van der Waals surface area contributed by atoms with Crippen LogP contribution in [-0.2, 0) is 11.2 Å². The van der Waals surface area contributed by atoms with Gasteiger partial charge in [-0.1, -0.05) is 12.1 Å². The first kappa shape index (κ1) is 13.9. The number of rotatable bonds is 3. The van der Waals surface area contributed by atoms with Crippen LogP contribution in [0.1, 0.15) is 18.9 Å². The molecule has 1 heterocycles. The van der Waals surface area contributed by atoms with E-state index >= 15 is 0 Å². The van der Waals surface area contributed by atoms with E-state index in [9.17, 15) is 13.6 Å². The third kappa shape index (κ3) is 3.29. The van der Waals surface area contributed by atoms with Gasteiger partial charge in [0.1, 0.15) is 0 Å². The minimum absolute atomic E-state index is 0.00217. The van der Waals surface area contributed by atoms with Crippen LogP contribution in [0.25, 0.3) is 0 Å². The number of nitrogens with zero attached hydrogens (tertiary/aromatic N) is 1. The number of carbonyl (C=O) groups is 1. The van der Waals surface area contributed by atoms with E-state index in [1.54, 1.807) is 4.90 Å². The largest absolute Gasteiger partial charge is 0.337 e. The molecule has 0 saturated carbocycles. The summed E-state index contributed by atoms with van der Waals surface area (Å²) in [5, 5.41) is 3.21. The molecule has 5 heteroatoms. The standard InChI is InChI=1S/C14H18F2N2O/c1-10-9-17-7-8-18(10)13(19)6-5-11-3-2-4-12(15)14(11)16/h2-4,10,17H,5-9H2,1H3. The zero-order valence-corrected chi connectivity index (χ0v) is 11.0. The Morgan fingerprint density at radius 2 is 2.26 bits per heavy atom. The van der Waals surface area contributed by atoms with Crippen LogP contribution in [0.4, 0.5) is 8.78 Å². The lowest BCUT2D eigenvalue weighted by Crippen LogP contribution is -2.52. The highest BCUT2D eigenvalue weighted by Crippen LogP contribution is 2.14. The quantitative estimate of drug-likeness (QED) is 0.905. The van der Waals surface area contributed by atoms with Crippen molar-refractivity contribution in [3.63, 3.8) is 0 Å². The van der Waals surface area contributed by atoms with Crippen LogP contribution in [0, 0.1) is 11.6 Å². The maximum absolute atomic E-state index is 13.5. The van der Waals surface area contributed by atoms with Crippen molar-refractivity contribution in [2.75, 3.05) is 19.6 Å². The second-order valence-electron chi connectivity index (χ2n) is 4.85. The van der Waals surface area contributed by atoms with Crippen molar-refractivity contribution in [2.24, 2.45) is 0 Å². The SMILES string of the molecule is CC1CNCCN1C(=O)CCc1cccc(F)c1F. The molecule has 0 bridgehead atoms. The summed E-state index contributed by atoms with van der Waals surface area (Å²) < 4.78 is 26.5. The summed E-state index contributed by atoms with van der Waals surface area (Å²) in [6.07, 6.45) is 0.448. The van der Waals surface area contributed by atoms with Crippen molar-refractivity contribution >= 4 is 5.91 Å². The highest BCUT2D eigenvalue weighted by atomic mass is 19.2. The Bertz CT molecular complexity index is 465. The van der Waals surface area contributed by atoms with Crippen molar-refractivity contribution in [3.05, 3.63) is 35.4 Å². The van der Waals surface area contributed by atoms with Crippen LogP contribution in [0.5, 0.6) is 0 Å². The monoisotopic (exact) mass is 268 g/mol. The molecule has 1 atom stereocenters. The Hall–Kier alpha value is -1.49. The molecule has 1 aliphatic rings. The number of carbonyl (C=O) groups excluding carboxylic acids is 1. The summed E-state index contributed by atoms with van der Waals surface area (Å²) in [6.45, 7) is 4.21. The molecule has 1 saturated heterocycles. The van der Waals surface area contributed by atoms with Crippen molar-refractivity contribution in [3.8, 4) is 0 Å². The van der Waals surface area contributed by atoms with Gasteiger partial charge in [0.15, 0.2) is 11.6 Å². The number of aryl methyl sites for hydroxylation is 1. The Labute approximate surface area is 111 Å². The third-order valence-electron chi connectivity index (χ3n) is 3.46. The van der Waals surface area contributed by atoms with Gasteiger partial charge in [-0.3, -0.25) is 4.79 Å². The van der Waals surface area contributed by atoms with E-state index in [-0.39, 0.29) is 30.4 Å². The van der Waals surface area contributed by atoms with Crippen molar-refractivity contribution in [1.82, 2.24) is 10.2 Å². The van der Waals surface area contributed by atoms with Crippen LogP contribution < -0.4 is 5.32 Å². The zero-order chi connectivity index (χ0) is 13.8. The summed E-state index contributed by atoms with van der Waals surface area (Å²) in [6, 6.07) is 4.22. The lowest BCUT2D eigenvalue weighted by Gasteiger charge is -2.34. The number of hydrogen-bond donors (Lipinski definition) is 1. The van der Waals surface area contributed by atoms with E-state index < -0.39 is 11.6 Å². The van der Waals surface area contributed by atoms with Gasteiger partial charge in [0.05, 0.1) is 0 Å². The average Bonchev–Trinajstić information content (AvgIpc) is 2.40. The molecule has 1 fully saturated rings. The van der Waals surface area contributed by atoms with Crippen LogP contribution in [0.3, 0.4) is 0 Å². The van der Waals surface area contributed by atoms with E-state index in [4.69, 9.17) is 0 Å². The van der Waals surface area contributed by atoms with Gasteiger partial charge in [-0.25, -0.2) is 8.78 Å².